The van der Waals surface area contributed by atoms with Gasteiger partial charge in [0.15, 0.2) is 17.9 Å². The van der Waals surface area contributed by atoms with E-state index in [1.165, 1.54) is 6.07 Å². The van der Waals surface area contributed by atoms with Crippen molar-refractivity contribution in [3.8, 4) is 5.75 Å². The maximum absolute atomic E-state index is 14.5. The van der Waals surface area contributed by atoms with Crippen LogP contribution in [0.1, 0.15) is 55.7 Å². The second kappa shape index (κ2) is 10.5. The van der Waals surface area contributed by atoms with Crippen molar-refractivity contribution in [1.82, 2.24) is 0 Å². The molecule has 0 N–H and O–H groups in total. The molecule has 1 fully saturated rings. The van der Waals surface area contributed by atoms with Crippen molar-refractivity contribution in [2.45, 2.75) is 51.9 Å². The van der Waals surface area contributed by atoms with Crippen molar-refractivity contribution in [2.75, 3.05) is 13.2 Å². The van der Waals surface area contributed by atoms with Crippen molar-refractivity contribution >= 4 is 6.08 Å². The summed E-state index contributed by atoms with van der Waals surface area (Å²) in [4.78, 5) is 0. The summed E-state index contributed by atoms with van der Waals surface area (Å²) in [6.07, 6.45) is 5.76. The first kappa shape index (κ1) is 21.5. The molecule has 3 rings (SSSR count). The Hall–Kier alpha value is -2.24. The van der Waals surface area contributed by atoms with Crippen LogP contribution >= 0.6 is 0 Å². The van der Waals surface area contributed by atoms with E-state index < -0.39 is 11.6 Å². The lowest BCUT2D eigenvalue weighted by Crippen LogP contribution is -2.27. The Balaban J connectivity index is 1.52. The Morgan fingerprint density at radius 3 is 2.52 bits per heavy atom. The van der Waals surface area contributed by atoms with Crippen LogP contribution in [-0.2, 0) is 16.1 Å². The molecule has 2 aromatic rings. The highest BCUT2D eigenvalue weighted by Crippen LogP contribution is 2.33. The molecular weight excluding hydrogens is 374 g/mol. The first-order valence-electron chi connectivity index (χ1n) is 10.2. The number of halogens is 2. The maximum Gasteiger partial charge on any atom is 0.200 e. The smallest absolute Gasteiger partial charge is 0.200 e. The van der Waals surface area contributed by atoms with Gasteiger partial charge in [0.05, 0.1) is 19.8 Å². The summed E-state index contributed by atoms with van der Waals surface area (Å²) in [5, 5.41) is 0. The SMILES string of the molecule is CC=Cc1ccc(COC2CCC(c3ccc(OCCC)c(F)c3F)CO2)cc1. The lowest BCUT2D eigenvalue weighted by atomic mass is 9.92. The minimum Gasteiger partial charge on any atom is -0.490 e. The third-order valence-electron chi connectivity index (χ3n) is 4.99. The molecule has 5 heteroatoms. The van der Waals surface area contributed by atoms with Gasteiger partial charge in [0.2, 0.25) is 5.82 Å². The van der Waals surface area contributed by atoms with E-state index in [9.17, 15) is 8.78 Å². The summed E-state index contributed by atoms with van der Waals surface area (Å²) >= 11 is 0. The van der Waals surface area contributed by atoms with Gasteiger partial charge in [0.1, 0.15) is 0 Å². The first-order chi connectivity index (χ1) is 14.1. The summed E-state index contributed by atoms with van der Waals surface area (Å²) < 4.78 is 45.6. The monoisotopic (exact) mass is 402 g/mol. The molecule has 1 saturated heterocycles. The van der Waals surface area contributed by atoms with Gasteiger partial charge in [-0.1, -0.05) is 49.4 Å². The Morgan fingerprint density at radius 1 is 1.07 bits per heavy atom. The van der Waals surface area contributed by atoms with Crippen molar-refractivity contribution in [3.05, 3.63) is 70.8 Å². The molecule has 0 aliphatic carbocycles. The largest absolute Gasteiger partial charge is 0.490 e. The van der Waals surface area contributed by atoms with Gasteiger partial charge in [-0.05, 0) is 48.9 Å². The molecule has 0 bridgehead atoms. The maximum atomic E-state index is 14.5. The Bertz CT molecular complexity index is 810. The zero-order valence-electron chi connectivity index (χ0n) is 17.0. The van der Waals surface area contributed by atoms with Crippen LogP contribution in [0.4, 0.5) is 8.78 Å². The van der Waals surface area contributed by atoms with Gasteiger partial charge in [-0.2, -0.15) is 4.39 Å². The second-order valence-corrected chi connectivity index (χ2v) is 7.22. The topological polar surface area (TPSA) is 27.7 Å². The molecule has 0 amide bonds. The highest BCUT2D eigenvalue weighted by atomic mass is 19.2. The second-order valence-electron chi connectivity index (χ2n) is 7.22. The van der Waals surface area contributed by atoms with E-state index in [2.05, 4.69) is 0 Å². The minimum atomic E-state index is -0.921. The van der Waals surface area contributed by atoms with Crippen LogP contribution in [0, 0.1) is 11.6 Å². The van der Waals surface area contributed by atoms with Gasteiger partial charge in [0.25, 0.3) is 0 Å². The Kier molecular flexibility index (Phi) is 7.78. The molecule has 0 spiro atoms. The van der Waals surface area contributed by atoms with E-state index in [4.69, 9.17) is 14.2 Å². The van der Waals surface area contributed by atoms with Gasteiger partial charge in [-0.15, -0.1) is 0 Å². The zero-order valence-corrected chi connectivity index (χ0v) is 17.0. The van der Waals surface area contributed by atoms with Crippen LogP contribution in [-0.4, -0.2) is 19.5 Å². The van der Waals surface area contributed by atoms with Crippen LogP contribution in [0.15, 0.2) is 42.5 Å². The number of hydrogen-bond donors (Lipinski definition) is 0. The van der Waals surface area contributed by atoms with Gasteiger partial charge in [-0.3, -0.25) is 0 Å². The summed E-state index contributed by atoms with van der Waals surface area (Å²) in [6.45, 7) is 5.02. The number of ether oxygens (including phenoxy) is 3. The molecule has 29 heavy (non-hydrogen) atoms. The summed E-state index contributed by atoms with van der Waals surface area (Å²) in [6, 6.07) is 11.3. The van der Waals surface area contributed by atoms with E-state index in [0.717, 1.165) is 17.5 Å². The number of rotatable bonds is 8. The number of benzene rings is 2. The van der Waals surface area contributed by atoms with Gasteiger partial charge in [0, 0.05) is 5.92 Å². The van der Waals surface area contributed by atoms with Crippen molar-refractivity contribution < 1.29 is 23.0 Å². The quantitative estimate of drug-likeness (QED) is 0.524. The van der Waals surface area contributed by atoms with Gasteiger partial charge in [-0.25, -0.2) is 4.39 Å². The standard InChI is InChI=1S/C24H28F2O3/c1-3-5-17-6-8-18(9-7-17)15-28-22-13-10-19(16-29-22)20-11-12-21(27-14-4-2)24(26)23(20)25/h3,5-9,11-12,19,22H,4,10,13-16H2,1-2H3. The van der Waals surface area contributed by atoms with Crippen molar-refractivity contribution in [1.29, 1.82) is 0 Å². The van der Waals surface area contributed by atoms with E-state index in [-0.39, 0.29) is 18.0 Å². The lowest BCUT2D eigenvalue weighted by molar-refractivity contribution is -0.173. The first-order valence-corrected chi connectivity index (χ1v) is 10.2. The molecule has 2 unspecified atom stereocenters. The molecule has 1 aliphatic rings. The zero-order chi connectivity index (χ0) is 20.6. The highest BCUT2D eigenvalue weighted by Gasteiger charge is 2.27. The van der Waals surface area contributed by atoms with Crippen LogP contribution in [0.2, 0.25) is 0 Å². The molecule has 3 nitrogen and oxygen atoms in total. The third-order valence-corrected chi connectivity index (χ3v) is 4.99. The number of hydrogen-bond acceptors (Lipinski definition) is 3. The average Bonchev–Trinajstić information content (AvgIpc) is 2.75. The Morgan fingerprint density at radius 2 is 1.86 bits per heavy atom. The van der Waals surface area contributed by atoms with Gasteiger partial charge < -0.3 is 14.2 Å². The number of allylic oxidation sites excluding steroid dienone is 1. The van der Waals surface area contributed by atoms with Crippen molar-refractivity contribution in [3.63, 3.8) is 0 Å². The fraction of sp³-hybridized carbons (Fsp3) is 0.417. The summed E-state index contributed by atoms with van der Waals surface area (Å²) in [5.74, 6) is -1.99. The van der Waals surface area contributed by atoms with E-state index in [1.54, 1.807) is 6.07 Å². The van der Waals surface area contributed by atoms with Crippen LogP contribution in [0.3, 0.4) is 0 Å². The highest BCUT2D eigenvalue weighted by molar-refractivity contribution is 5.49. The summed E-state index contributed by atoms with van der Waals surface area (Å²) in [7, 11) is 0. The molecule has 0 radical (unpaired) electrons. The molecule has 2 aromatic carbocycles. The average molecular weight is 402 g/mol. The molecule has 0 aromatic heterocycles. The predicted octanol–water partition coefficient (Wildman–Crippen LogP) is 6.22. The van der Waals surface area contributed by atoms with Gasteiger partial charge >= 0.3 is 0 Å². The lowest BCUT2D eigenvalue weighted by Gasteiger charge is -2.29. The fourth-order valence-corrected chi connectivity index (χ4v) is 3.40. The summed E-state index contributed by atoms with van der Waals surface area (Å²) in [5.41, 5.74) is 2.55. The minimum absolute atomic E-state index is 0.0357. The van der Waals surface area contributed by atoms with Crippen LogP contribution in [0.5, 0.6) is 5.75 Å². The van der Waals surface area contributed by atoms with Crippen LogP contribution < -0.4 is 4.74 Å². The Labute approximate surface area is 171 Å². The molecule has 2 atom stereocenters. The fourth-order valence-electron chi connectivity index (χ4n) is 3.40. The normalized spacial score (nSPS) is 19.6. The third kappa shape index (κ3) is 5.64. The predicted molar refractivity (Wildman–Crippen MR) is 110 cm³/mol. The van der Waals surface area contributed by atoms with Crippen molar-refractivity contribution in [2.24, 2.45) is 0 Å². The van der Waals surface area contributed by atoms with E-state index >= 15 is 0 Å². The van der Waals surface area contributed by atoms with Crippen LogP contribution in [0.25, 0.3) is 6.08 Å². The molecule has 156 valence electrons. The van der Waals surface area contributed by atoms with E-state index in [1.807, 2.05) is 50.3 Å². The molecule has 1 aliphatic heterocycles. The molecule has 1 heterocycles. The molecule has 0 saturated carbocycles. The van der Waals surface area contributed by atoms with E-state index in [0.29, 0.717) is 38.2 Å². The molecular formula is C24H28F2O3.